The van der Waals surface area contributed by atoms with Crippen molar-refractivity contribution < 1.29 is 14.7 Å². The third-order valence-electron chi connectivity index (χ3n) is 2.87. The smallest absolute Gasteiger partial charge is 0.320 e. The third kappa shape index (κ3) is 3.22. The number of aliphatic carboxylic acids is 1. The molecule has 0 radical (unpaired) electrons. The quantitative estimate of drug-likeness (QED) is 0.778. The molecule has 98 valence electrons. The van der Waals surface area contributed by atoms with Gasteiger partial charge in [0.25, 0.3) is 5.91 Å². The SMILES string of the molecule is O=C(NCC1CNC(C(=O)O)C1)c1ccc(Cl)s1. The van der Waals surface area contributed by atoms with E-state index in [9.17, 15) is 9.59 Å². The van der Waals surface area contributed by atoms with Crippen molar-refractivity contribution in [3.63, 3.8) is 0 Å². The molecule has 7 heteroatoms. The summed E-state index contributed by atoms with van der Waals surface area (Å²) in [6, 6.07) is 2.86. The molecule has 1 aliphatic heterocycles. The molecule has 18 heavy (non-hydrogen) atoms. The number of halogens is 1. The Labute approximate surface area is 113 Å². The lowest BCUT2D eigenvalue weighted by atomic mass is 10.1. The topological polar surface area (TPSA) is 78.4 Å². The van der Waals surface area contributed by atoms with Crippen LogP contribution < -0.4 is 10.6 Å². The predicted molar refractivity (Wildman–Crippen MR) is 69.2 cm³/mol. The van der Waals surface area contributed by atoms with Gasteiger partial charge in [0.1, 0.15) is 6.04 Å². The van der Waals surface area contributed by atoms with Gasteiger partial charge in [0.05, 0.1) is 9.21 Å². The van der Waals surface area contributed by atoms with Crippen LogP contribution in [0.5, 0.6) is 0 Å². The summed E-state index contributed by atoms with van der Waals surface area (Å²) in [4.78, 5) is 23.1. The summed E-state index contributed by atoms with van der Waals surface area (Å²) in [7, 11) is 0. The van der Waals surface area contributed by atoms with E-state index in [0.29, 0.717) is 28.7 Å². The second-order valence-electron chi connectivity index (χ2n) is 4.21. The van der Waals surface area contributed by atoms with Gasteiger partial charge < -0.3 is 15.7 Å². The van der Waals surface area contributed by atoms with Gasteiger partial charge in [-0.25, -0.2) is 0 Å². The Kier molecular flexibility index (Phi) is 4.21. The predicted octanol–water partition coefficient (Wildman–Crippen LogP) is 1.19. The molecule has 2 heterocycles. The monoisotopic (exact) mass is 288 g/mol. The summed E-state index contributed by atoms with van der Waals surface area (Å²) in [6.07, 6.45) is 0.542. The zero-order valence-electron chi connectivity index (χ0n) is 9.48. The van der Waals surface area contributed by atoms with E-state index < -0.39 is 12.0 Å². The van der Waals surface area contributed by atoms with Gasteiger partial charge in [-0.15, -0.1) is 11.3 Å². The van der Waals surface area contributed by atoms with Gasteiger partial charge in [0.15, 0.2) is 0 Å². The standard InChI is InChI=1S/C11H13ClN2O3S/c12-9-2-1-8(18-9)10(15)14-5-6-3-7(11(16)17)13-4-6/h1-2,6-7,13H,3-5H2,(H,14,15)(H,16,17). The largest absolute Gasteiger partial charge is 0.480 e. The minimum atomic E-state index is -0.839. The number of carbonyl (C=O) groups excluding carboxylic acids is 1. The second-order valence-corrected chi connectivity index (χ2v) is 5.93. The lowest BCUT2D eigenvalue weighted by Crippen LogP contribution is -2.30. The molecule has 0 aliphatic carbocycles. The molecule has 1 fully saturated rings. The molecule has 0 spiro atoms. The van der Waals surface area contributed by atoms with Crippen molar-refractivity contribution in [3.8, 4) is 0 Å². The van der Waals surface area contributed by atoms with E-state index >= 15 is 0 Å². The Morgan fingerprint density at radius 3 is 2.89 bits per heavy atom. The van der Waals surface area contributed by atoms with Crippen LogP contribution in [0.25, 0.3) is 0 Å². The summed E-state index contributed by atoms with van der Waals surface area (Å²) in [6.45, 7) is 1.09. The fourth-order valence-electron chi connectivity index (χ4n) is 1.91. The summed E-state index contributed by atoms with van der Waals surface area (Å²) in [5.41, 5.74) is 0. The first-order chi connectivity index (χ1) is 8.56. The van der Waals surface area contributed by atoms with Gasteiger partial charge in [-0.2, -0.15) is 0 Å². The number of amides is 1. The average molecular weight is 289 g/mol. The number of thiophene rings is 1. The minimum absolute atomic E-state index is 0.158. The first kappa shape index (κ1) is 13.3. The first-order valence-corrected chi connectivity index (χ1v) is 6.75. The Morgan fingerprint density at radius 1 is 1.56 bits per heavy atom. The summed E-state index contributed by atoms with van der Waals surface area (Å²) < 4.78 is 0.577. The fourth-order valence-corrected chi connectivity index (χ4v) is 2.87. The Balaban J connectivity index is 1.79. The number of rotatable bonds is 4. The van der Waals surface area contributed by atoms with E-state index in [4.69, 9.17) is 16.7 Å². The molecule has 0 bridgehead atoms. The molecule has 1 aromatic rings. The van der Waals surface area contributed by atoms with Crippen LogP contribution in [0, 0.1) is 5.92 Å². The summed E-state index contributed by atoms with van der Waals surface area (Å²) in [5, 5.41) is 14.5. The first-order valence-electron chi connectivity index (χ1n) is 5.56. The highest BCUT2D eigenvalue weighted by molar-refractivity contribution is 7.17. The van der Waals surface area contributed by atoms with E-state index in [1.165, 1.54) is 11.3 Å². The molecular weight excluding hydrogens is 276 g/mol. The van der Waals surface area contributed by atoms with Crippen molar-refractivity contribution in [1.29, 1.82) is 0 Å². The van der Waals surface area contributed by atoms with E-state index in [0.717, 1.165) is 0 Å². The highest BCUT2D eigenvalue weighted by Crippen LogP contribution is 2.21. The number of carboxylic acid groups (broad SMARTS) is 1. The van der Waals surface area contributed by atoms with Crippen LogP contribution in [0.4, 0.5) is 0 Å². The van der Waals surface area contributed by atoms with Crippen LogP contribution in [0.15, 0.2) is 12.1 Å². The van der Waals surface area contributed by atoms with Crippen LogP contribution in [-0.2, 0) is 4.79 Å². The van der Waals surface area contributed by atoms with Gasteiger partial charge in [0.2, 0.25) is 0 Å². The molecule has 2 atom stereocenters. The zero-order valence-corrected chi connectivity index (χ0v) is 11.1. The maximum absolute atomic E-state index is 11.7. The normalized spacial score (nSPS) is 22.9. The van der Waals surface area contributed by atoms with E-state index in [-0.39, 0.29) is 11.8 Å². The van der Waals surface area contributed by atoms with Gasteiger partial charge in [-0.3, -0.25) is 9.59 Å². The highest BCUT2D eigenvalue weighted by atomic mass is 35.5. The number of carboxylic acids is 1. The van der Waals surface area contributed by atoms with Crippen LogP contribution in [0.1, 0.15) is 16.1 Å². The Bertz CT molecular complexity index is 463. The van der Waals surface area contributed by atoms with Gasteiger partial charge in [-0.05, 0) is 24.5 Å². The molecule has 2 unspecified atom stereocenters. The van der Waals surface area contributed by atoms with Gasteiger partial charge in [0, 0.05) is 13.1 Å². The molecule has 0 aromatic carbocycles. The van der Waals surface area contributed by atoms with Gasteiger partial charge in [-0.1, -0.05) is 11.6 Å². The number of hydrogen-bond acceptors (Lipinski definition) is 4. The van der Waals surface area contributed by atoms with E-state index in [1.54, 1.807) is 12.1 Å². The lowest BCUT2D eigenvalue weighted by Gasteiger charge is -2.09. The van der Waals surface area contributed by atoms with E-state index in [2.05, 4.69) is 10.6 Å². The summed E-state index contributed by atoms with van der Waals surface area (Å²) in [5.74, 6) is -0.843. The Morgan fingerprint density at radius 2 is 2.33 bits per heavy atom. The van der Waals surface area contributed by atoms with Crippen LogP contribution in [0.3, 0.4) is 0 Å². The number of hydrogen-bond donors (Lipinski definition) is 3. The maximum Gasteiger partial charge on any atom is 0.320 e. The molecule has 0 saturated carbocycles. The van der Waals surface area contributed by atoms with Crippen LogP contribution in [0.2, 0.25) is 4.34 Å². The van der Waals surface area contributed by atoms with Crippen molar-refractivity contribution in [2.75, 3.05) is 13.1 Å². The lowest BCUT2D eigenvalue weighted by molar-refractivity contribution is -0.139. The number of carbonyl (C=O) groups is 2. The molecule has 1 saturated heterocycles. The maximum atomic E-state index is 11.7. The molecule has 5 nitrogen and oxygen atoms in total. The fraction of sp³-hybridized carbons (Fsp3) is 0.455. The second kappa shape index (κ2) is 5.69. The molecular formula is C11H13ClN2O3S. The molecule has 1 amide bonds. The van der Waals surface area contributed by atoms with Crippen LogP contribution in [-0.4, -0.2) is 36.1 Å². The van der Waals surface area contributed by atoms with Crippen molar-refractivity contribution in [1.82, 2.24) is 10.6 Å². The van der Waals surface area contributed by atoms with Gasteiger partial charge >= 0.3 is 5.97 Å². The minimum Gasteiger partial charge on any atom is -0.480 e. The highest BCUT2D eigenvalue weighted by Gasteiger charge is 2.29. The molecule has 3 N–H and O–H groups in total. The van der Waals surface area contributed by atoms with E-state index in [1.807, 2.05) is 0 Å². The van der Waals surface area contributed by atoms with Crippen molar-refractivity contribution >= 4 is 34.8 Å². The Hall–Kier alpha value is -1.11. The van der Waals surface area contributed by atoms with Crippen LogP contribution >= 0.6 is 22.9 Å². The van der Waals surface area contributed by atoms with Crippen molar-refractivity contribution in [2.24, 2.45) is 5.92 Å². The summed E-state index contributed by atoms with van der Waals surface area (Å²) >= 11 is 6.98. The average Bonchev–Trinajstić information content (AvgIpc) is 2.94. The molecule has 1 aromatic heterocycles. The third-order valence-corrected chi connectivity index (χ3v) is 4.10. The molecule has 1 aliphatic rings. The number of nitrogens with one attached hydrogen (secondary N) is 2. The zero-order chi connectivity index (χ0) is 13.1. The van der Waals surface area contributed by atoms with Crippen molar-refractivity contribution in [2.45, 2.75) is 12.5 Å². The van der Waals surface area contributed by atoms with Crippen molar-refractivity contribution in [3.05, 3.63) is 21.3 Å². The molecule has 2 rings (SSSR count).